The number of aromatic carboxylic acids is 1. The molecule has 7 heteroatoms. The number of nitrogens with one attached hydrogen (secondary N) is 1. The highest BCUT2D eigenvalue weighted by Gasteiger charge is 2.17. The van der Waals surface area contributed by atoms with Gasteiger partial charge in [0.2, 0.25) is 0 Å². The van der Waals surface area contributed by atoms with Gasteiger partial charge in [-0.05, 0) is 60.5 Å². The van der Waals surface area contributed by atoms with Gasteiger partial charge in [0.1, 0.15) is 18.2 Å². The van der Waals surface area contributed by atoms with E-state index >= 15 is 0 Å². The Bertz CT molecular complexity index is 1070. The summed E-state index contributed by atoms with van der Waals surface area (Å²) in [7, 11) is 0. The predicted molar refractivity (Wildman–Crippen MR) is 111 cm³/mol. The van der Waals surface area contributed by atoms with Gasteiger partial charge in [0, 0.05) is 5.02 Å². The van der Waals surface area contributed by atoms with Crippen molar-refractivity contribution in [1.82, 2.24) is 5.32 Å². The highest BCUT2D eigenvalue weighted by atomic mass is 35.5. The van der Waals surface area contributed by atoms with Gasteiger partial charge in [0.05, 0.1) is 17.2 Å². The Balaban J connectivity index is 1.74. The first-order chi connectivity index (χ1) is 14.3. The summed E-state index contributed by atoms with van der Waals surface area (Å²) in [6.45, 7) is 1.87. The van der Waals surface area contributed by atoms with Gasteiger partial charge in [-0.3, -0.25) is 4.79 Å². The Labute approximate surface area is 178 Å². The Hall–Kier alpha value is -3.38. The van der Waals surface area contributed by atoms with Gasteiger partial charge < -0.3 is 15.2 Å². The maximum absolute atomic E-state index is 13.4. The van der Waals surface area contributed by atoms with E-state index < -0.39 is 11.9 Å². The molecule has 3 aromatic carbocycles. The van der Waals surface area contributed by atoms with Crippen molar-refractivity contribution in [1.29, 1.82) is 0 Å². The Kier molecular flexibility index (Phi) is 6.69. The van der Waals surface area contributed by atoms with Crippen molar-refractivity contribution in [2.24, 2.45) is 0 Å². The van der Waals surface area contributed by atoms with Crippen LogP contribution in [0.5, 0.6) is 5.75 Å². The summed E-state index contributed by atoms with van der Waals surface area (Å²) >= 11 is 6.06. The molecule has 30 heavy (non-hydrogen) atoms. The summed E-state index contributed by atoms with van der Waals surface area (Å²) < 4.78 is 19.1. The lowest BCUT2D eigenvalue weighted by Gasteiger charge is -2.17. The largest absolute Gasteiger partial charge is 0.488 e. The molecular weight excluding hydrogens is 409 g/mol. The minimum absolute atomic E-state index is 0.0892. The first-order valence-electron chi connectivity index (χ1n) is 9.14. The Morgan fingerprint density at radius 2 is 1.83 bits per heavy atom. The van der Waals surface area contributed by atoms with E-state index in [4.69, 9.17) is 21.4 Å². The van der Waals surface area contributed by atoms with Crippen LogP contribution in [0.4, 0.5) is 4.39 Å². The third-order valence-electron chi connectivity index (χ3n) is 4.47. The Morgan fingerprint density at radius 1 is 1.10 bits per heavy atom. The molecule has 0 bridgehead atoms. The SMILES string of the molecule is C[C@H](NC(=O)c1cc(Cl)ccc1OCc1cccc(F)c1)c1ccc(C(=O)O)cc1. The van der Waals surface area contributed by atoms with Crippen LogP contribution in [0.15, 0.2) is 66.7 Å². The first-order valence-corrected chi connectivity index (χ1v) is 9.52. The molecule has 0 fully saturated rings. The van der Waals surface area contributed by atoms with Gasteiger partial charge in [-0.2, -0.15) is 0 Å². The zero-order valence-corrected chi connectivity index (χ0v) is 16.8. The summed E-state index contributed by atoms with van der Waals surface area (Å²) in [5, 5.41) is 12.2. The molecule has 0 unspecified atom stereocenters. The molecule has 3 rings (SSSR count). The van der Waals surface area contributed by atoms with Crippen molar-refractivity contribution in [3.8, 4) is 5.75 Å². The number of carboxylic acids is 1. The van der Waals surface area contributed by atoms with Gasteiger partial charge in [-0.15, -0.1) is 0 Å². The van der Waals surface area contributed by atoms with Crippen LogP contribution in [-0.2, 0) is 6.61 Å². The van der Waals surface area contributed by atoms with Crippen LogP contribution in [0.3, 0.4) is 0 Å². The number of hydrogen-bond acceptors (Lipinski definition) is 3. The number of amides is 1. The molecule has 0 saturated carbocycles. The highest BCUT2D eigenvalue weighted by molar-refractivity contribution is 6.31. The van der Waals surface area contributed by atoms with Crippen LogP contribution in [0, 0.1) is 5.82 Å². The van der Waals surface area contributed by atoms with E-state index in [0.717, 1.165) is 5.56 Å². The molecule has 5 nitrogen and oxygen atoms in total. The monoisotopic (exact) mass is 427 g/mol. The van der Waals surface area contributed by atoms with Crippen molar-refractivity contribution in [2.75, 3.05) is 0 Å². The number of carboxylic acid groups (broad SMARTS) is 1. The molecule has 1 atom stereocenters. The molecule has 154 valence electrons. The second kappa shape index (κ2) is 9.41. The molecule has 0 aromatic heterocycles. The normalized spacial score (nSPS) is 11.6. The molecule has 0 aliphatic heterocycles. The van der Waals surface area contributed by atoms with E-state index in [2.05, 4.69) is 5.32 Å². The maximum atomic E-state index is 13.4. The average molecular weight is 428 g/mol. The van der Waals surface area contributed by atoms with E-state index in [1.54, 1.807) is 43.3 Å². The molecule has 1 amide bonds. The van der Waals surface area contributed by atoms with Crippen LogP contribution >= 0.6 is 11.6 Å². The van der Waals surface area contributed by atoms with Gasteiger partial charge in [0.15, 0.2) is 0 Å². The van der Waals surface area contributed by atoms with E-state index in [0.29, 0.717) is 16.3 Å². The summed E-state index contributed by atoms with van der Waals surface area (Å²) in [5.74, 6) is -1.47. The van der Waals surface area contributed by atoms with E-state index in [1.807, 2.05) is 0 Å². The first kappa shape index (κ1) is 21.3. The van der Waals surface area contributed by atoms with Crippen molar-refractivity contribution < 1.29 is 23.8 Å². The fraction of sp³-hybridized carbons (Fsp3) is 0.130. The number of benzene rings is 3. The minimum Gasteiger partial charge on any atom is -0.488 e. The quantitative estimate of drug-likeness (QED) is 0.540. The van der Waals surface area contributed by atoms with Crippen molar-refractivity contribution in [3.05, 3.63) is 99.8 Å². The predicted octanol–water partition coefficient (Wildman–Crippen LogP) is 5.25. The van der Waals surface area contributed by atoms with E-state index in [9.17, 15) is 14.0 Å². The van der Waals surface area contributed by atoms with Gasteiger partial charge in [-0.1, -0.05) is 35.9 Å². The lowest BCUT2D eigenvalue weighted by molar-refractivity contribution is 0.0696. The third-order valence-corrected chi connectivity index (χ3v) is 4.71. The minimum atomic E-state index is -1.02. The van der Waals surface area contributed by atoms with Crippen molar-refractivity contribution in [2.45, 2.75) is 19.6 Å². The molecule has 0 heterocycles. The summed E-state index contributed by atoms with van der Waals surface area (Å²) in [5.41, 5.74) is 1.79. The summed E-state index contributed by atoms with van der Waals surface area (Å²) in [4.78, 5) is 23.8. The van der Waals surface area contributed by atoms with Crippen LogP contribution < -0.4 is 10.1 Å². The van der Waals surface area contributed by atoms with Crippen molar-refractivity contribution in [3.63, 3.8) is 0 Å². The second-order valence-corrected chi connectivity index (χ2v) is 7.12. The standard InChI is InChI=1S/C23H19ClFNO4/c1-14(16-5-7-17(8-6-16)23(28)29)26-22(27)20-12-18(24)9-10-21(20)30-13-15-3-2-4-19(25)11-15/h2-12,14H,13H2,1H3,(H,26,27)(H,28,29)/t14-/m0/s1. The summed E-state index contributed by atoms with van der Waals surface area (Å²) in [6, 6.07) is 16.6. The molecule has 0 radical (unpaired) electrons. The highest BCUT2D eigenvalue weighted by Crippen LogP contribution is 2.25. The lowest BCUT2D eigenvalue weighted by atomic mass is 10.1. The zero-order chi connectivity index (χ0) is 21.7. The second-order valence-electron chi connectivity index (χ2n) is 6.68. The number of carbonyl (C=O) groups is 2. The third kappa shape index (κ3) is 5.36. The van der Waals surface area contributed by atoms with Gasteiger partial charge in [-0.25, -0.2) is 9.18 Å². The van der Waals surface area contributed by atoms with Crippen LogP contribution in [0.2, 0.25) is 5.02 Å². The molecule has 2 N–H and O–H groups in total. The zero-order valence-electron chi connectivity index (χ0n) is 16.1. The maximum Gasteiger partial charge on any atom is 0.335 e. The van der Waals surface area contributed by atoms with Crippen molar-refractivity contribution >= 4 is 23.5 Å². The van der Waals surface area contributed by atoms with Gasteiger partial charge >= 0.3 is 5.97 Å². The number of carbonyl (C=O) groups excluding carboxylic acids is 1. The topological polar surface area (TPSA) is 75.6 Å². The van der Waals surface area contributed by atoms with Crippen LogP contribution in [0.1, 0.15) is 44.8 Å². The number of hydrogen-bond donors (Lipinski definition) is 2. The molecule has 0 saturated heterocycles. The molecule has 0 spiro atoms. The van der Waals surface area contributed by atoms with Crippen LogP contribution in [-0.4, -0.2) is 17.0 Å². The summed E-state index contributed by atoms with van der Waals surface area (Å²) in [6.07, 6.45) is 0. The molecular formula is C23H19ClFNO4. The fourth-order valence-electron chi connectivity index (χ4n) is 2.87. The number of rotatable bonds is 7. The lowest BCUT2D eigenvalue weighted by Crippen LogP contribution is -2.27. The van der Waals surface area contributed by atoms with E-state index in [1.165, 1.54) is 30.3 Å². The Morgan fingerprint density at radius 3 is 2.50 bits per heavy atom. The fourth-order valence-corrected chi connectivity index (χ4v) is 3.04. The smallest absolute Gasteiger partial charge is 0.335 e. The number of halogens is 2. The van der Waals surface area contributed by atoms with Gasteiger partial charge in [0.25, 0.3) is 5.91 Å². The van der Waals surface area contributed by atoms with E-state index in [-0.39, 0.29) is 29.6 Å². The number of ether oxygens (including phenoxy) is 1. The average Bonchev–Trinajstić information content (AvgIpc) is 2.72. The van der Waals surface area contributed by atoms with Crippen LogP contribution in [0.25, 0.3) is 0 Å². The molecule has 0 aliphatic carbocycles. The molecule has 3 aromatic rings. The molecule has 0 aliphatic rings.